The van der Waals surface area contributed by atoms with Gasteiger partial charge in [-0.1, -0.05) is 10.9 Å². The van der Waals surface area contributed by atoms with Gasteiger partial charge in [-0.3, -0.25) is 0 Å². The second-order valence-electron chi connectivity index (χ2n) is 3.24. The molecular weight excluding hydrogens is 230 g/mol. The van der Waals surface area contributed by atoms with Crippen LogP contribution in [0.25, 0.3) is 0 Å². The molecule has 6 heteroatoms. The van der Waals surface area contributed by atoms with Crippen LogP contribution in [-0.2, 0) is 24.0 Å². The van der Waals surface area contributed by atoms with Crippen LogP contribution in [0.3, 0.4) is 0 Å². The maximum Gasteiger partial charge on any atom is 0.119 e. The lowest BCUT2D eigenvalue weighted by molar-refractivity contribution is 0.263. The van der Waals surface area contributed by atoms with Gasteiger partial charge in [0.05, 0.1) is 6.61 Å². The van der Waals surface area contributed by atoms with Gasteiger partial charge in [-0.2, -0.15) is 0 Å². The summed E-state index contributed by atoms with van der Waals surface area (Å²) >= 11 is 0. The summed E-state index contributed by atoms with van der Waals surface area (Å²) < 4.78 is 29.8. The molecule has 1 saturated heterocycles. The minimum absolute atomic E-state index is 0.241. The molecule has 0 saturated carbocycles. The molecule has 1 aromatic rings. The molecule has 1 aromatic carbocycles. The molecule has 0 aliphatic carbocycles. The summed E-state index contributed by atoms with van der Waals surface area (Å²) in [5, 5.41) is 0. The second kappa shape index (κ2) is 5.29. The lowest BCUT2D eigenvalue weighted by Gasteiger charge is -2.05. The summed E-state index contributed by atoms with van der Waals surface area (Å²) in [5.41, 5.74) is 0.593. The van der Waals surface area contributed by atoms with Crippen LogP contribution in [0.5, 0.6) is 5.75 Å². The smallest absolute Gasteiger partial charge is 0.119 e. The fourth-order valence-electron chi connectivity index (χ4n) is 1.08. The van der Waals surface area contributed by atoms with Crippen molar-refractivity contribution in [2.75, 3.05) is 20.3 Å². The van der Waals surface area contributed by atoms with E-state index in [1.54, 1.807) is 24.3 Å². The second-order valence-corrected chi connectivity index (χ2v) is 4.19. The third-order valence-corrected chi connectivity index (χ3v) is 2.64. The highest BCUT2D eigenvalue weighted by Crippen LogP contribution is 2.19. The summed E-state index contributed by atoms with van der Waals surface area (Å²) in [6.45, 7) is 1.35. The Morgan fingerprint density at radius 1 is 1.50 bits per heavy atom. The first-order valence-electron chi connectivity index (χ1n) is 4.80. The topological polar surface area (TPSA) is 60.4 Å². The van der Waals surface area contributed by atoms with E-state index in [1.165, 1.54) is 7.11 Å². The monoisotopic (exact) mass is 242 g/mol. The predicted octanol–water partition coefficient (Wildman–Crippen LogP) is 1.80. The predicted molar refractivity (Wildman–Crippen MR) is 58.8 cm³/mol. The average molecular weight is 242 g/mol. The SMILES string of the molecule is CO[S-](=O)=Nc1ccc(OCC2CO2)cc1. The van der Waals surface area contributed by atoms with Gasteiger partial charge in [0, 0.05) is 12.8 Å². The van der Waals surface area contributed by atoms with Crippen LogP contribution < -0.4 is 4.74 Å². The first-order valence-corrected chi connectivity index (χ1v) is 5.83. The molecule has 5 nitrogen and oxygen atoms in total. The zero-order valence-electron chi connectivity index (χ0n) is 8.79. The fraction of sp³-hybridized carbons (Fsp3) is 0.400. The van der Waals surface area contributed by atoms with Crippen LogP contribution in [0.4, 0.5) is 5.69 Å². The van der Waals surface area contributed by atoms with E-state index in [1.807, 2.05) is 0 Å². The Kier molecular flexibility index (Phi) is 3.76. The zero-order chi connectivity index (χ0) is 11.4. The van der Waals surface area contributed by atoms with Crippen molar-refractivity contribution in [2.24, 2.45) is 4.36 Å². The molecule has 1 atom stereocenters. The molecule has 0 radical (unpaired) electrons. The van der Waals surface area contributed by atoms with Crippen LogP contribution in [0.15, 0.2) is 28.6 Å². The quantitative estimate of drug-likeness (QED) is 0.583. The lowest BCUT2D eigenvalue weighted by atomic mass is 10.3. The molecule has 1 heterocycles. The van der Waals surface area contributed by atoms with Gasteiger partial charge in [-0.05, 0) is 24.3 Å². The van der Waals surface area contributed by atoms with Gasteiger partial charge in [0.1, 0.15) is 18.5 Å². The van der Waals surface area contributed by atoms with Gasteiger partial charge < -0.3 is 22.2 Å². The highest BCUT2D eigenvalue weighted by atomic mass is 32.2. The summed E-state index contributed by atoms with van der Waals surface area (Å²) in [6, 6.07) is 6.99. The van der Waals surface area contributed by atoms with Crippen LogP contribution in [-0.4, -0.2) is 26.4 Å². The van der Waals surface area contributed by atoms with Crippen LogP contribution in [0, 0.1) is 0 Å². The third-order valence-electron chi connectivity index (χ3n) is 2.00. The number of ether oxygens (including phenoxy) is 2. The molecule has 0 bridgehead atoms. The van der Waals surface area contributed by atoms with Crippen molar-refractivity contribution in [2.45, 2.75) is 6.10 Å². The molecule has 1 unspecified atom stereocenters. The maximum absolute atomic E-state index is 11.0. The maximum atomic E-state index is 11.0. The van der Waals surface area contributed by atoms with Crippen molar-refractivity contribution < 1.29 is 17.9 Å². The van der Waals surface area contributed by atoms with E-state index >= 15 is 0 Å². The molecule has 0 N–H and O–H groups in total. The molecule has 88 valence electrons. The van der Waals surface area contributed by atoms with E-state index in [0.29, 0.717) is 12.3 Å². The van der Waals surface area contributed by atoms with Crippen LogP contribution in [0.2, 0.25) is 0 Å². The molecule has 1 fully saturated rings. The number of rotatable bonds is 5. The first-order chi connectivity index (χ1) is 7.78. The Bertz CT molecular complexity index is 421. The normalized spacial score (nSPS) is 20.7. The van der Waals surface area contributed by atoms with E-state index < -0.39 is 10.9 Å². The molecule has 0 spiro atoms. The Morgan fingerprint density at radius 3 is 2.75 bits per heavy atom. The van der Waals surface area contributed by atoms with Crippen molar-refractivity contribution in [3.05, 3.63) is 24.3 Å². The standard InChI is InChI=1S/C10H12NO4S/c1-13-16(12)11-8-2-4-9(5-3-8)14-6-10-7-15-10/h2-5,10H,6-7H2,1H3/q-1. The molecule has 0 aromatic heterocycles. The van der Waals surface area contributed by atoms with Crippen molar-refractivity contribution >= 4 is 16.6 Å². The molecule has 0 amide bonds. The first kappa shape index (κ1) is 11.4. The Morgan fingerprint density at radius 2 is 2.19 bits per heavy atom. The van der Waals surface area contributed by atoms with Crippen LogP contribution in [0.1, 0.15) is 0 Å². The van der Waals surface area contributed by atoms with Crippen molar-refractivity contribution in [3.8, 4) is 5.75 Å². The number of nitrogens with zero attached hydrogens (tertiary/aromatic N) is 1. The van der Waals surface area contributed by atoms with Gasteiger partial charge in [-0.15, -0.1) is 0 Å². The van der Waals surface area contributed by atoms with E-state index in [9.17, 15) is 4.21 Å². The minimum atomic E-state index is -1.62. The number of epoxide rings is 1. The lowest BCUT2D eigenvalue weighted by Crippen LogP contribution is -2.03. The van der Waals surface area contributed by atoms with E-state index in [4.69, 9.17) is 9.47 Å². The van der Waals surface area contributed by atoms with E-state index in [0.717, 1.165) is 12.4 Å². The zero-order valence-corrected chi connectivity index (χ0v) is 9.61. The molecule has 16 heavy (non-hydrogen) atoms. The van der Waals surface area contributed by atoms with Crippen LogP contribution >= 0.6 is 0 Å². The molecular formula is C10H12NO4S-. The molecule has 2 rings (SSSR count). The van der Waals surface area contributed by atoms with E-state index in [2.05, 4.69) is 8.55 Å². The summed E-state index contributed by atoms with van der Waals surface area (Å²) in [5.74, 6) is 0.748. The summed E-state index contributed by atoms with van der Waals surface area (Å²) in [4.78, 5) is 0. The number of benzene rings is 1. The van der Waals surface area contributed by atoms with Gasteiger partial charge in [-0.25, -0.2) is 0 Å². The van der Waals surface area contributed by atoms with Gasteiger partial charge in [0.2, 0.25) is 0 Å². The number of hydrogen-bond donors (Lipinski definition) is 0. The third kappa shape index (κ3) is 3.48. The van der Waals surface area contributed by atoms with Crippen molar-refractivity contribution in [3.63, 3.8) is 0 Å². The highest BCUT2D eigenvalue weighted by Gasteiger charge is 2.22. The number of hydrogen-bond acceptors (Lipinski definition) is 6. The largest absolute Gasteiger partial charge is 0.491 e. The Balaban J connectivity index is 1.95. The fourth-order valence-corrected chi connectivity index (χ4v) is 1.45. The van der Waals surface area contributed by atoms with Crippen molar-refractivity contribution in [1.29, 1.82) is 0 Å². The van der Waals surface area contributed by atoms with Crippen molar-refractivity contribution in [1.82, 2.24) is 0 Å². The molecule has 1 aliphatic heterocycles. The van der Waals surface area contributed by atoms with Gasteiger partial charge in [0.15, 0.2) is 0 Å². The molecule has 1 aliphatic rings. The van der Waals surface area contributed by atoms with Gasteiger partial charge >= 0.3 is 0 Å². The summed E-state index contributed by atoms with van der Waals surface area (Å²) in [6.07, 6.45) is 0.241. The van der Waals surface area contributed by atoms with E-state index in [-0.39, 0.29) is 6.10 Å². The summed E-state index contributed by atoms with van der Waals surface area (Å²) in [7, 11) is -0.281. The minimum Gasteiger partial charge on any atom is -0.491 e. The average Bonchev–Trinajstić information content (AvgIpc) is 3.12. The highest BCUT2D eigenvalue weighted by molar-refractivity contribution is 7.69. The Hall–Kier alpha value is -1.11. The van der Waals surface area contributed by atoms with Gasteiger partial charge in [0.25, 0.3) is 0 Å². The Labute approximate surface area is 95.7 Å².